The molecule has 4 atom stereocenters. The van der Waals surface area contributed by atoms with Crippen LogP contribution < -0.4 is 11.5 Å². The van der Waals surface area contributed by atoms with Crippen molar-refractivity contribution in [1.29, 1.82) is 0 Å². The summed E-state index contributed by atoms with van der Waals surface area (Å²) in [7, 11) is 0. The van der Waals surface area contributed by atoms with Gasteiger partial charge in [0.2, 0.25) is 0 Å². The van der Waals surface area contributed by atoms with Crippen molar-refractivity contribution in [2.24, 2.45) is 10.8 Å². The molecule has 0 saturated carbocycles. The van der Waals surface area contributed by atoms with E-state index in [2.05, 4.69) is 20.0 Å². The quantitative estimate of drug-likeness (QED) is 0.313. The van der Waals surface area contributed by atoms with Crippen LogP contribution in [0.1, 0.15) is 16.6 Å². The summed E-state index contributed by atoms with van der Waals surface area (Å²) in [6.45, 7) is -0.478. The zero-order chi connectivity index (χ0) is 17.4. The summed E-state index contributed by atoms with van der Waals surface area (Å²) in [4.78, 5) is 22.3. The first kappa shape index (κ1) is 16.0. The summed E-state index contributed by atoms with van der Waals surface area (Å²) in [6, 6.07) is -1.04. The normalized spacial score (nSPS) is 26.4. The average molecular weight is 334 g/mol. The molecular formula is C12H14N8O4. The number of azide groups is 1. The van der Waals surface area contributed by atoms with Crippen molar-refractivity contribution in [3.8, 4) is 0 Å². The van der Waals surface area contributed by atoms with Crippen molar-refractivity contribution < 1.29 is 19.7 Å². The third-order valence-electron chi connectivity index (χ3n) is 3.88. The number of anilines is 1. The first-order valence-electron chi connectivity index (χ1n) is 6.89. The number of ether oxygens (including phenoxy) is 1. The average Bonchev–Trinajstić information content (AvgIpc) is 3.08. The second-order valence-electron chi connectivity index (χ2n) is 5.21. The van der Waals surface area contributed by atoms with E-state index in [1.807, 2.05) is 0 Å². The van der Waals surface area contributed by atoms with Crippen LogP contribution in [-0.4, -0.2) is 55.5 Å². The van der Waals surface area contributed by atoms with Crippen molar-refractivity contribution in [3.63, 3.8) is 0 Å². The van der Waals surface area contributed by atoms with Crippen LogP contribution in [0.25, 0.3) is 21.5 Å². The smallest absolute Gasteiger partial charge is 0.251 e. The Balaban J connectivity index is 2.20. The first-order chi connectivity index (χ1) is 11.5. The molecule has 0 aliphatic carbocycles. The second kappa shape index (κ2) is 5.94. The number of hydrogen-bond acceptors (Lipinski definition) is 8. The minimum atomic E-state index is -1.23. The van der Waals surface area contributed by atoms with Crippen molar-refractivity contribution in [1.82, 2.24) is 14.5 Å². The van der Waals surface area contributed by atoms with E-state index in [-0.39, 0.29) is 22.4 Å². The number of primary amides is 1. The molecule has 126 valence electrons. The summed E-state index contributed by atoms with van der Waals surface area (Å²) in [5.74, 6) is -0.706. The van der Waals surface area contributed by atoms with E-state index in [0.29, 0.717) is 0 Å². The Morgan fingerprint density at radius 2 is 2.29 bits per heavy atom. The summed E-state index contributed by atoms with van der Waals surface area (Å²) >= 11 is 0. The molecular weight excluding hydrogens is 320 g/mol. The third-order valence-corrected chi connectivity index (χ3v) is 3.88. The van der Waals surface area contributed by atoms with Crippen molar-refractivity contribution in [3.05, 3.63) is 28.5 Å². The number of carbonyl (C=O) groups is 1. The van der Waals surface area contributed by atoms with Gasteiger partial charge in [-0.15, -0.1) is 0 Å². The van der Waals surface area contributed by atoms with Gasteiger partial charge >= 0.3 is 0 Å². The van der Waals surface area contributed by atoms with Gasteiger partial charge in [-0.1, -0.05) is 5.11 Å². The zero-order valence-electron chi connectivity index (χ0n) is 12.2. The number of nitrogens with two attached hydrogens (primary N) is 2. The lowest BCUT2D eigenvalue weighted by Crippen LogP contribution is -2.31. The van der Waals surface area contributed by atoms with E-state index in [1.165, 1.54) is 17.1 Å². The molecule has 0 radical (unpaired) electrons. The standard InChI is InChI=1S/C12H14N8O4/c13-9-6-4(10(14)23)1-20(11(6)17-3-16-9)12-7(18-19-15)8(22)5(2-21)24-12/h1,3,5,7-8,12,21-22H,2H2,(H2,14,23)(H2,13,16,17)/t5-,7+,8-,12-/m1/s1. The lowest BCUT2D eigenvalue weighted by molar-refractivity contribution is -0.0435. The number of fused-ring (bicyclic) bond motifs is 1. The van der Waals surface area contributed by atoms with E-state index in [9.17, 15) is 15.0 Å². The number of amides is 1. The van der Waals surface area contributed by atoms with Crippen LogP contribution in [-0.2, 0) is 4.74 Å². The highest BCUT2D eigenvalue weighted by molar-refractivity contribution is 6.08. The maximum Gasteiger partial charge on any atom is 0.251 e. The molecule has 0 aromatic carbocycles. The summed E-state index contributed by atoms with van der Waals surface area (Å²) in [6.07, 6.45) is -0.660. The minimum Gasteiger partial charge on any atom is -0.394 e. The van der Waals surface area contributed by atoms with Crippen LogP contribution in [0, 0.1) is 0 Å². The summed E-state index contributed by atoms with van der Waals surface area (Å²) < 4.78 is 6.94. The molecule has 1 fully saturated rings. The fourth-order valence-electron chi connectivity index (χ4n) is 2.78. The molecule has 12 heteroatoms. The summed E-state index contributed by atoms with van der Waals surface area (Å²) in [5, 5.41) is 23.2. The van der Waals surface area contributed by atoms with Gasteiger partial charge in [0.1, 0.15) is 36.2 Å². The fourth-order valence-corrected chi connectivity index (χ4v) is 2.78. The molecule has 0 unspecified atom stereocenters. The van der Waals surface area contributed by atoms with Crippen molar-refractivity contribution in [2.75, 3.05) is 12.3 Å². The predicted octanol–water partition coefficient (Wildman–Crippen LogP) is -0.958. The molecule has 24 heavy (non-hydrogen) atoms. The highest BCUT2D eigenvalue weighted by Gasteiger charge is 2.44. The van der Waals surface area contributed by atoms with Gasteiger partial charge in [-0.2, -0.15) is 0 Å². The van der Waals surface area contributed by atoms with Gasteiger partial charge in [-0.3, -0.25) is 4.79 Å². The van der Waals surface area contributed by atoms with Crippen LogP contribution in [0.2, 0.25) is 0 Å². The van der Waals surface area contributed by atoms with E-state index in [0.717, 1.165) is 0 Å². The maximum atomic E-state index is 11.7. The number of rotatable bonds is 4. The van der Waals surface area contributed by atoms with E-state index >= 15 is 0 Å². The molecule has 1 saturated heterocycles. The molecule has 1 amide bonds. The molecule has 6 N–H and O–H groups in total. The van der Waals surface area contributed by atoms with Gasteiger partial charge in [0.25, 0.3) is 5.91 Å². The van der Waals surface area contributed by atoms with Gasteiger partial charge in [-0.05, 0) is 5.53 Å². The number of nitrogens with zero attached hydrogens (tertiary/aromatic N) is 6. The Bertz CT molecular complexity index is 845. The van der Waals surface area contributed by atoms with Crippen LogP contribution >= 0.6 is 0 Å². The molecule has 2 aromatic heterocycles. The second-order valence-corrected chi connectivity index (χ2v) is 5.21. The van der Waals surface area contributed by atoms with E-state index in [1.54, 1.807) is 0 Å². The Labute approximate surface area is 134 Å². The number of carbonyl (C=O) groups excluding carboxylic acids is 1. The van der Waals surface area contributed by atoms with Crippen molar-refractivity contribution in [2.45, 2.75) is 24.5 Å². The number of nitrogen functional groups attached to an aromatic ring is 1. The monoisotopic (exact) mass is 334 g/mol. The fraction of sp³-hybridized carbons (Fsp3) is 0.417. The molecule has 12 nitrogen and oxygen atoms in total. The van der Waals surface area contributed by atoms with Crippen LogP contribution in [0.4, 0.5) is 5.82 Å². The maximum absolute atomic E-state index is 11.7. The van der Waals surface area contributed by atoms with Crippen LogP contribution in [0.5, 0.6) is 0 Å². The Kier molecular flexibility index (Phi) is 3.95. The SMILES string of the molecule is [N-]=[N+]=N[C@H]1[C@H](O)[C@@H](CO)O[C@H]1n1cc(C(N)=O)c2c(N)ncnc21. The lowest BCUT2D eigenvalue weighted by Gasteiger charge is -2.17. The molecule has 1 aliphatic rings. The first-order valence-corrected chi connectivity index (χ1v) is 6.89. The molecule has 1 aliphatic heterocycles. The number of hydrogen-bond donors (Lipinski definition) is 4. The molecule has 2 aromatic rings. The van der Waals surface area contributed by atoms with E-state index in [4.69, 9.17) is 21.7 Å². The predicted molar refractivity (Wildman–Crippen MR) is 80.4 cm³/mol. The largest absolute Gasteiger partial charge is 0.394 e. The lowest BCUT2D eigenvalue weighted by atomic mass is 10.1. The van der Waals surface area contributed by atoms with Crippen LogP contribution in [0.3, 0.4) is 0 Å². The third kappa shape index (κ3) is 2.30. The van der Waals surface area contributed by atoms with Gasteiger partial charge in [0.15, 0.2) is 0 Å². The van der Waals surface area contributed by atoms with Crippen LogP contribution in [0.15, 0.2) is 17.6 Å². The van der Waals surface area contributed by atoms with Gasteiger partial charge in [-0.25, -0.2) is 9.97 Å². The Morgan fingerprint density at radius 1 is 1.54 bits per heavy atom. The molecule has 0 bridgehead atoms. The highest BCUT2D eigenvalue weighted by atomic mass is 16.5. The number of aliphatic hydroxyl groups is 2. The Hall–Kier alpha value is -2.92. The number of aromatic nitrogens is 3. The van der Waals surface area contributed by atoms with E-state index < -0.39 is 37.0 Å². The minimum absolute atomic E-state index is 0.0464. The highest BCUT2D eigenvalue weighted by Crippen LogP contribution is 2.36. The molecule has 0 spiro atoms. The zero-order valence-corrected chi connectivity index (χ0v) is 12.2. The van der Waals surface area contributed by atoms with Gasteiger partial charge in [0, 0.05) is 11.1 Å². The number of aliphatic hydroxyl groups excluding tert-OH is 2. The summed E-state index contributed by atoms with van der Waals surface area (Å²) in [5.41, 5.74) is 20.2. The molecule has 3 heterocycles. The van der Waals surface area contributed by atoms with Gasteiger partial charge in [0.05, 0.1) is 23.7 Å². The topological polar surface area (TPSA) is 198 Å². The van der Waals surface area contributed by atoms with Crippen molar-refractivity contribution >= 4 is 22.8 Å². The Morgan fingerprint density at radius 3 is 2.92 bits per heavy atom. The molecule has 3 rings (SSSR count). The van der Waals surface area contributed by atoms with Gasteiger partial charge < -0.3 is 31.0 Å².